The Kier molecular flexibility index (Phi) is 3.87. The van der Waals surface area contributed by atoms with E-state index in [1.807, 2.05) is 12.4 Å². The molecular weight excluding hydrogens is 160 g/mol. The van der Waals surface area contributed by atoms with E-state index in [1.54, 1.807) is 0 Å². The Bertz CT molecular complexity index is 239. The summed E-state index contributed by atoms with van der Waals surface area (Å²) in [7, 11) is 0. The fourth-order valence-corrected chi connectivity index (χ4v) is 1.27. The summed E-state index contributed by atoms with van der Waals surface area (Å²) in [5.41, 5.74) is 1.25. The topological polar surface area (TPSA) is 25.8 Å². The molecule has 0 radical (unpaired) electrons. The van der Waals surface area contributed by atoms with Crippen molar-refractivity contribution in [3.63, 3.8) is 0 Å². The second-order valence-electron chi connectivity index (χ2n) is 3.86. The summed E-state index contributed by atoms with van der Waals surface area (Å²) in [5, 5.41) is 0. The summed E-state index contributed by atoms with van der Waals surface area (Å²) in [4.78, 5) is 8.65. The Morgan fingerprint density at radius 1 is 1.23 bits per heavy atom. The number of aromatic nitrogens is 2. The van der Waals surface area contributed by atoms with E-state index in [4.69, 9.17) is 0 Å². The van der Waals surface area contributed by atoms with E-state index >= 15 is 0 Å². The van der Waals surface area contributed by atoms with Gasteiger partial charge in [0.1, 0.15) is 5.82 Å². The van der Waals surface area contributed by atoms with Crippen LogP contribution in [0.25, 0.3) is 0 Å². The standard InChI is InChI=1S/C11H18N2/c1-4-5-10-7-12-11(13-8-10)6-9(2)3/h7-9H,4-6H2,1-3H3. The van der Waals surface area contributed by atoms with Gasteiger partial charge in [0.05, 0.1) is 0 Å². The molecule has 0 saturated carbocycles. The fourth-order valence-electron chi connectivity index (χ4n) is 1.27. The number of hydrogen-bond acceptors (Lipinski definition) is 2. The van der Waals surface area contributed by atoms with E-state index in [9.17, 15) is 0 Å². The maximum absolute atomic E-state index is 4.33. The maximum atomic E-state index is 4.33. The van der Waals surface area contributed by atoms with Crippen molar-refractivity contribution in [2.75, 3.05) is 0 Å². The van der Waals surface area contributed by atoms with Crippen molar-refractivity contribution >= 4 is 0 Å². The molecule has 0 aliphatic rings. The fraction of sp³-hybridized carbons (Fsp3) is 0.636. The Morgan fingerprint density at radius 3 is 2.31 bits per heavy atom. The van der Waals surface area contributed by atoms with E-state index in [0.29, 0.717) is 5.92 Å². The molecule has 0 N–H and O–H groups in total. The van der Waals surface area contributed by atoms with Crippen molar-refractivity contribution in [2.24, 2.45) is 5.92 Å². The first kappa shape index (κ1) is 10.2. The predicted octanol–water partition coefficient (Wildman–Crippen LogP) is 2.63. The van der Waals surface area contributed by atoms with Crippen molar-refractivity contribution in [3.8, 4) is 0 Å². The molecule has 0 unspecified atom stereocenters. The highest BCUT2D eigenvalue weighted by molar-refractivity contribution is 5.05. The van der Waals surface area contributed by atoms with Crippen LogP contribution in [-0.4, -0.2) is 9.97 Å². The zero-order chi connectivity index (χ0) is 9.68. The average molecular weight is 178 g/mol. The molecule has 72 valence electrons. The van der Waals surface area contributed by atoms with Gasteiger partial charge in [-0.25, -0.2) is 9.97 Å². The SMILES string of the molecule is CCCc1cnc(CC(C)C)nc1. The molecule has 2 nitrogen and oxygen atoms in total. The summed E-state index contributed by atoms with van der Waals surface area (Å²) in [6, 6.07) is 0. The molecule has 0 saturated heterocycles. The van der Waals surface area contributed by atoms with Gasteiger partial charge in [0.2, 0.25) is 0 Å². The van der Waals surface area contributed by atoms with Gasteiger partial charge in [-0.3, -0.25) is 0 Å². The third-order valence-corrected chi connectivity index (χ3v) is 1.89. The molecule has 1 aromatic rings. The van der Waals surface area contributed by atoms with Crippen LogP contribution in [0.3, 0.4) is 0 Å². The molecule has 0 spiro atoms. The van der Waals surface area contributed by atoms with Crippen LogP contribution in [0.15, 0.2) is 12.4 Å². The monoisotopic (exact) mass is 178 g/mol. The maximum Gasteiger partial charge on any atom is 0.128 e. The van der Waals surface area contributed by atoms with Crippen LogP contribution in [-0.2, 0) is 12.8 Å². The quantitative estimate of drug-likeness (QED) is 0.708. The van der Waals surface area contributed by atoms with Gasteiger partial charge in [-0.2, -0.15) is 0 Å². The lowest BCUT2D eigenvalue weighted by molar-refractivity contribution is 0.619. The van der Waals surface area contributed by atoms with Crippen LogP contribution in [0.2, 0.25) is 0 Å². The zero-order valence-corrected chi connectivity index (χ0v) is 8.75. The number of hydrogen-bond donors (Lipinski definition) is 0. The molecule has 1 rings (SSSR count). The van der Waals surface area contributed by atoms with Gasteiger partial charge in [0.25, 0.3) is 0 Å². The number of nitrogens with zero attached hydrogens (tertiary/aromatic N) is 2. The van der Waals surface area contributed by atoms with Crippen molar-refractivity contribution in [1.82, 2.24) is 9.97 Å². The molecule has 13 heavy (non-hydrogen) atoms. The van der Waals surface area contributed by atoms with E-state index in [0.717, 1.165) is 25.1 Å². The molecule has 0 atom stereocenters. The van der Waals surface area contributed by atoms with E-state index in [-0.39, 0.29) is 0 Å². The molecule has 0 amide bonds. The van der Waals surface area contributed by atoms with E-state index in [2.05, 4.69) is 30.7 Å². The van der Waals surface area contributed by atoms with Crippen LogP contribution < -0.4 is 0 Å². The van der Waals surface area contributed by atoms with Crippen molar-refractivity contribution < 1.29 is 0 Å². The molecule has 0 aromatic carbocycles. The van der Waals surface area contributed by atoms with E-state index in [1.165, 1.54) is 5.56 Å². The molecule has 2 heteroatoms. The van der Waals surface area contributed by atoms with Crippen molar-refractivity contribution in [3.05, 3.63) is 23.8 Å². The molecular formula is C11H18N2. The molecule has 0 bridgehead atoms. The summed E-state index contributed by atoms with van der Waals surface area (Å²) >= 11 is 0. The van der Waals surface area contributed by atoms with Gasteiger partial charge < -0.3 is 0 Å². The van der Waals surface area contributed by atoms with Gasteiger partial charge >= 0.3 is 0 Å². The van der Waals surface area contributed by atoms with E-state index < -0.39 is 0 Å². The average Bonchev–Trinajstić information content (AvgIpc) is 2.08. The molecule has 0 fully saturated rings. The lowest BCUT2D eigenvalue weighted by atomic mass is 10.1. The highest BCUT2D eigenvalue weighted by atomic mass is 14.9. The third-order valence-electron chi connectivity index (χ3n) is 1.89. The predicted molar refractivity (Wildman–Crippen MR) is 54.6 cm³/mol. The van der Waals surface area contributed by atoms with Gasteiger partial charge in [0.15, 0.2) is 0 Å². The number of rotatable bonds is 4. The lowest BCUT2D eigenvalue weighted by Crippen LogP contribution is -2.01. The highest BCUT2D eigenvalue weighted by Crippen LogP contribution is 2.04. The van der Waals surface area contributed by atoms with Gasteiger partial charge in [-0.15, -0.1) is 0 Å². The smallest absolute Gasteiger partial charge is 0.128 e. The van der Waals surface area contributed by atoms with Crippen LogP contribution in [0.5, 0.6) is 0 Å². The molecule has 0 aliphatic carbocycles. The van der Waals surface area contributed by atoms with Crippen LogP contribution in [0.4, 0.5) is 0 Å². The minimum Gasteiger partial charge on any atom is -0.241 e. The zero-order valence-electron chi connectivity index (χ0n) is 8.75. The summed E-state index contributed by atoms with van der Waals surface area (Å²) < 4.78 is 0. The second-order valence-corrected chi connectivity index (χ2v) is 3.86. The minimum absolute atomic E-state index is 0.636. The Balaban J connectivity index is 2.59. The third kappa shape index (κ3) is 3.53. The minimum atomic E-state index is 0.636. The van der Waals surface area contributed by atoms with Crippen LogP contribution in [0, 0.1) is 5.92 Å². The Morgan fingerprint density at radius 2 is 1.85 bits per heavy atom. The molecule has 1 aromatic heterocycles. The largest absolute Gasteiger partial charge is 0.241 e. The number of aryl methyl sites for hydroxylation is 1. The summed E-state index contributed by atoms with van der Waals surface area (Å²) in [6.45, 7) is 6.54. The summed E-state index contributed by atoms with van der Waals surface area (Å²) in [5.74, 6) is 1.60. The first-order chi connectivity index (χ1) is 6.22. The van der Waals surface area contributed by atoms with Crippen LogP contribution in [0.1, 0.15) is 38.6 Å². The van der Waals surface area contributed by atoms with Crippen LogP contribution >= 0.6 is 0 Å². The second kappa shape index (κ2) is 4.95. The highest BCUT2D eigenvalue weighted by Gasteiger charge is 2.00. The van der Waals surface area contributed by atoms with Gasteiger partial charge in [0, 0.05) is 18.8 Å². The van der Waals surface area contributed by atoms with Crippen molar-refractivity contribution in [1.29, 1.82) is 0 Å². The molecule has 0 aliphatic heterocycles. The van der Waals surface area contributed by atoms with Gasteiger partial charge in [-0.1, -0.05) is 27.2 Å². The Hall–Kier alpha value is -0.920. The normalized spacial score (nSPS) is 10.8. The first-order valence-corrected chi connectivity index (χ1v) is 5.02. The Labute approximate surface area is 80.4 Å². The van der Waals surface area contributed by atoms with Gasteiger partial charge in [-0.05, 0) is 17.9 Å². The lowest BCUT2D eigenvalue weighted by Gasteiger charge is -2.03. The first-order valence-electron chi connectivity index (χ1n) is 5.02. The van der Waals surface area contributed by atoms with Crippen molar-refractivity contribution in [2.45, 2.75) is 40.0 Å². The summed E-state index contributed by atoms with van der Waals surface area (Å²) in [6.07, 6.45) is 7.13. The molecule has 1 heterocycles.